The van der Waals surface area contributed by atoms with Crippen molar-refractivity contribution in [3.63, 3.8) is 0 Å². The van der Waals surface area contributed by atoms with Crippen molar-refractivity contribution in [1.29, 1.82) is 0 Å². The summed E-state index contributed by atoms with van der Waals surface area (Å²) in [7, 11) is 0. The van der Waals surface area contributed by atoms with Gasteiger partial charge in [0, 0.05) is 24.8 Å². The van der Waals surface area contributed by atoms with Gasteiger partial charge in [0.1, 0.15) is 0 Å². The second-order valence-corrected chi connectivity index (χ2v) is 3.38. The van der Waals surface area contributed by atoms with E-state index in [1.165, 1.54) is 6.92 Å². The van der Waals surface area contributed by atoms with E-state index in [9.17, 15) is 9.59 Å². The van der Waals surface area contributed by atoms with E-state index >= 15 is 0 Å². The summed E-state index contributed by atoms with van der Waals surface area (Å²) in [5, 5.41) is 7.88. The van der Waals surface area contributed by atoms with Gasteiger partial charge in [-0.15, -0.1) is 6.58 Å². The van der Waals surface area contributed by atoms with E-state index in [0.717, 1.165) is 0 Å². The van der Waals surface area contributed by atoms with Gasteiger partial charge < -0.3 is 16.0 Å². The lowest BCUT2D eigenvalue weighted by molar-refractivity contribution is -0.114. The van der Waals surface area contributed by atoms with E-state index in [-0.39, 0.29) is 11.9 Å². The van der Waals surface area contributed by atoms with Crippen LogP contribution in [0.15, 0.2) is 36.9 Å². The molecule has 0 aliphatic rings. The van der Waals surface area contributed by atoms with Crippen LogP contribution in [0.25, 0.3) is 0 Å². The van der Waals surface area contributed by atoms with Crippen LogP contribution in [-0.4, -0.2) is 18.5 Å². The van der Waals surface area contributed by atoms with Crippen LogP contribution in [0, 0.1) is 0 Å². The number of hydrogen-bond donors (Lipinski definition) is 3. The molecule has 5 nitrogen and oxygen atoms in total. The summed E-state index contributed by atoms with van der Waals surface area (Å²) < 4.78 is 0. The summed E-state index contributed by atoms with van der Waals surface area (Å²) >= 11 is 0. The molecule has 0 atom stereocenters. The van der Waals surface area contributed by atoms with E-state index < -0.39 is 0 Å². The Morgan fingerprint density at radius 3 is 2.18 bits per heavy atom. The zero-order chi connectivity index (χ0) is 12.7. The molecule has 3 amide bonds. The maximum absolute atomic E-state index is 11.3. The molecule has 0 radical (unpaired) electrons. The average molecular weight is 233 g/mol. The zero-order valence-electron chi connectivity index (χ0n) is 9.62. The molecule has 1 rings (SSSR count). The molecule has 3 N–H and O–H groups in total. The van der Waals surface area contributed by atoms with Gasteiger partial charge in [-0.05, 0) is 24.3 Å². The van der Waals surface area contributed by atoms with E-state index in [1.807, 2.05) is 0 Å². The van der Waals surface area contributed by atoms with Crippen LogP contribution in [-0.2, 0) is 4.79 Å². The first kappa shape index (κ1) is 12.8. The van der Waals surface area contributed by atoms with Crippen LogP contribution < -0.4 is 16.0 Å². The molecular formula is C12H15N3O2. The van der Waals surface area contributed by atoms with Crippen LogP contribution in [0.5, 0.6) is 0 Å². The van der Waals surface area contributed by atoms with Gasteiger partial charge in [-0.1, -0.05) is 6.08 Å². The predicted molar refractivity (Wildman–Crippen MR) is 68.0 cm³/mol. The Morgan fingerprint density at radius 2 is 1.71 bits per heavy atom. The summed E-state index contributed by atoms with van der Waals surface area (Å²) in [5.74, 6) is -0.130. The molecule has 1 aromatic rings. The molecular weight excluding hydrogens is 218 g/mol. The summed E-state index contributed by atoms with van der Waals surface area (Å²) in [6.07, 6.45) is 1.60. The number of carbonyl (C=O) groups excluding carboxylic acids is 2. The summed E-state index contributed by atoms with van der Waals surface area (Å²) in [6, 6.07) is 6.55. The molecule has 0 aromatic heterocycles. The van der Waals surface area contributed by atoms with Crippen LogP contribution >= 0.6 is 0 Å². The van der Waals surface area contributed by atoms with Gasteiger partial charge in [0.15, 0.2) is 0 Å². The Balaban J connectivity index is 2.53. The predicted octanol–water partition coefficient (Wildman–Crippen LogP) is 1.95. The Labute approximate surface area is 99.9 Å². The van der Waals surface area contributed by atoms with Crippen molar-refractivity contribution in [2.75, 3.05) is 17.2 Å². The Bertz CT molecular complexity index is 412. The van der Waals surface area contributed by atoms with Crippen LogP contribution in [0.2, 0.25) is 0 Å². The lowest BCUT2D eigenvalue weighted by atomic mass is 10.3. The van der Waals surface area contributed by atoms with E-state index in [2.05, 4.69) is 22.5 Å². The number of rotatable bonds is 4. The fraction of sp³-hybridized carbons (Fsp3) is 0.167. The smallest absolute Gasteiger partial charge is 0.319 e. The van der Waals surface area contributed by atoms with Crippen molar-refractivity contribution >= 4 is 23.3 Å². The molecule has 90 valence electrons. The Kier molecular flexibility index (Phi) is 4.75. The van der Waals surface area contributed by atoms with Gasteiger partial charge in [-0.25, -0.2) is 4.79 Å². The van der Waals surface area contributed by atoms with Crippen LogP contribution in [0.3, 0.4) is 0 Å². The molecule has 0 spiro atoms. The fourth-order valence-electron chi connectivity index (χ4n) is 1.18. The number of carbonyl (C=O) groups is 2. The number of anilines is 2. The first-order valence-electron chi connectivity index (χ1n) is 5.15. The van der Waals surface area contributed by atoms with E-state index in [1.54, 1.807) is 30.3 Å². The summed E-state index contributed by atoms with van der Waals surface area (Å²) in [6.45, 7) is 5.35. The van der Waals surface area contributed by atoms with Gasteiger partial charge in [-0.2, -0.15) is 0 Å². The highest BCUT2D eigenvalue weighted by molar-refractivity contribution is 5.91. The number of hydrogen-bond acceptors (Lipinski definition) is 2. The first-order valence-corrected chi connectivity index (χ1v) is 5.15. The molecule has 0 heterocycles. The monoisotopic (exact) mass is 233 g/mol. The minimum absolute atomic E-state index is 0.130. The molecule has 0 saturated carbocycles. The Hall–Kier alpha value is -2.30. The van der Waals surface area contributed by atoms with Gasteiger partial charge in [0.05, 0.1) is 0 Å². The number of amides is 3. The molecule has 0 aliphatic heterocycles. The van der Waals surface area contributed by atoms with Gasteiger partial charge in [0.2, 0.25) is 5.91 Å². The molecule has 0 aliphatic carbocycles. The number of nitrogens with one attached hydrogen (secondary N) is 3. The molecule has 0 bridgehead atoms. The third kappa shape index (κ3) is 4.83. The first-order chi connectivity index (χ1) is 8.11. The molecule has 0 fully saturated rings. The molecule has 5 heteroatoms. The second kappa shape index (κ2) is 6.32. The average Bonchev–Trinajstić information content (AvgIpc) is 2.28. The second-order valence-electron chi connectivity index (χ2n) is 3.38. The van der Waals surface area contributed by atoms with E-state index in [0.29, 0.717) is 17.9 Å². The van der Waals surface area contributed by atoms with Crippen molar-refractivity contribution < 1.29 is 9.59 Å². The lowest BCUT2D eigenvalue weighted by Gasteiger charge is -2.07. The minimum atomic E-state index is -0.294. The normalized spacial score (nSPS) is 9.24. The third-order valence-corrected chi connectivity index (χ3v) is 1.87. The number of benzene rings is 1. The maximum atomic E-state index is 11.3. The van der Waals surface area contributed by atoms with Gasteiger partial charge in [-0.3, -0.25) is 4.79 Å². The van der Waals surface area contributed by atoms with Crippen molar-refractivity contribution in [2.24, 2.45) is 0 Å². The van der Waals surface area contributed by atoms with Gasteiger partial charge >= 0.3 is 6.03 Å². The van der Waals surface area contributed by atoms with Crippen molar-refractivity contribution in [3.8, 4) is 0 Å². The van der Waals surface area contributed by atoms with Crippen molar-refractivity contribution in [2.45, 2.75) is 6.92 Å². The zero-order valence-corrected chi connectivity index (χ0v) is 9.62. The SMILES string of the molecule is C=CCNC(=O)Nc1ccc(NC(C)=O)cc1. The minimum Gasteiger partial charge on any atom is -0.334 e. The topological polar surface area (TPSA) is 70.2 Å². The lowest BCUT2D eigenvalue weighted by Crippen LogP contribution is -2.28. The standard InChI is InChI=1S/C12H15N3O2/c1-3-8-13-12(17)15-11-6-4-10(5-7-11)14-9(2)16/h3-7H,1,8H2,2H3,(H,14,16)(H2,13,15,17). The van der Waals surface area contributed by atoms with Gasteiger partial charge in [0.25, 0.3) is 0 Å². The highest BCUT2D eigenvalue weighted by Gasteiger charge is 2.00. The van der Waals surface area contributed by atoms with Crippen molar-refractivity contribution in [3.05, 3.63) is 36.9 Å². The largest absolute Gasteiger partial charge is 0.334 e. The molecule has 1 aromatic carbocycles. The molecule has 0 saturated heterocycles. The molecule has 17 heavy (non-hydrogen) atoms. The third-order valence-electron chi connectivity index (χ3n) is 1.87. The maximum Gasteiger partial charge on any atom is 0.319 e. The number of urea groups is 1. The van der Waals surface area contributed by atoms with E-state index in [4.69, 9.17) is 0 Å². The van der Waals surface area contributed by atoms with Crippen molar-refractivity contribution in [1.82, 2.24) is 5.32 Å². The highest BCUT2D eigenvalue weighted by Crippen LogP contribution is 2.13. The quantitative estimate of drug-likeness (QED) is 0.696. The summed E-state index contributed by atoms with van der Waals surface area (Å²) in [4.78, 5) is 22.1. The van der Waals surface area contributed by atoms with Crippen LogP contribution in [0.1, 0.15) is 6.92 Å². The van der Waals surface area contributed by atoms with Crippen LogP contribution in [0.4, 0.5) is 16.2 Å². The highest BCUT2D eigenvalue weighted by atomic mass is 16.2. The fourth-order valence-corrected chi connectivity index (χ4v) is 1.18. The Morgan fingerprint density at radius 1 is 1.18 bits per heavy atom. The summed E-state index contributed by atoms with van der Waals surface area (Å²) in [5.41, 5.74) is 1.34. The molecule has 0 unspecified atom stereocenters.